The molecule has 0 saturated carbocycles. The number of fused-ring (bicyclic) bond motifs is 1. The van der Waals surface area contributed by atoms with Gasteiger partial charge in [-0.1, -0.05) is 36.4 Å². The third-order valence-corrected chi connectivity index (χ3v) is 4.78. The molecule has 0 amide bonds. The zero-order chi connectivity index (χ0) is 14.7. The number of rotatable bonds is 4. The van der Waals surface area contributed by atoms with Gasteiger partial charge in [0.25, 0.3) is 0 Å². The number of hydrogen-bond acceptors (Lipinski definition) is 3. The van der Waals surface area contributed by atoms with Gasteiger partial charge >= 0.3 is 0 Å². The van der Waals surface area contributed by atoms with E-state index >= 15 is 0 Å². The second kappa shape index (κ2) is 5.77. The minimum Gasteiger partial charge on any atom is -0.385 e. The first-order valence-corrected chi connectivity index (χ1v) is 8.69. The smallest absolute Gasteiger partial charge is 0.236 e. The van der Waals surface area contributed by atoms with E-state index in [0.29, 0.717) is 5.69 Å². The van der Waals surface area contributed by atoms with Crippen molar-refractivity contribution in [3.8, 4) is 0 Å². The van der Waals surface area contributed by atoms with Crippen LogP contribution in [-0.2, 0) is 22.2 Å². The number of benzene rings is 2. The Bertz CT molecular complexity index is 727. The van der Waals surface area contributed by atoms with Gasteiger partial charge in [-0.2, -0.15) is 0 Å². The Morgan fingerprint density at radius 2 is 1.90 bits per heavy atom. The molecule has 21 heavy (non-hydrogen) atoms. The third-order valence-electron chi connectivity index (χ3n) is 3.52. The molecule has 110 valence electrons. The van der Waals surface area contributed by atoms with E-state index in [1.807, 2.05) is 48.5 Å². The van der Waals surface area contributed by atoms with Crippen LogP contribution in [0.2, 0.25) is 0 Å². The van der Waals surface area contributed by atoms with Crippen molar-refractivity contribution >= 4 is 21.4 Å². The predicted octanol–water partition coefficient (Wildman–Crippen LogP) is 2.99. The molecule has 1 aliphatic rings. The first-order chi connectivity index (χ1) is 10.1. The fourth-order valence-corrected chi connectivity index (χ4v) is 3.72. The Balaban J connectivity index is 1.76. The molecule has 1 heterocycles. The average molecular weight is 302 g/mol. The summed E-state index contributed by atoms with van der Waals surface area (Å²) in [6, 6.07) is 14.9. The maximum Gasteiger partial charge on any atom is 0.236 e. The standard InChI is InChI=1S/C16H18N2O2S/c19-21(20,12-13-5-2-1-3-6-13)18-15-9-8-14-7-4-10-17-16(14)11-15/h1-3,5-6,8-9,11,17-18H,4,7,10,12H2. The Kier molecular flexibility index (Phi) is 3.84. The Morgan fingerprint density at radius 3 is 2.71 bits per heavy atom. The van der Waals surface area contributed by atoms with Crippen LogP contribution in [0.5, 0.6) is 0 Å². The summed E-state index contributed by atoms with van der Waals surface area (Å²) in [6.07, 6.45) is 2.16. The maximum absolute atomic E-state index is 12.2. The number of aryl methyl sites for hydroxylation is 1. The molecule has 0 aromatic heterocycles. The number of sulfonamides is 1. The van der Waals surface area contributed by atoms with Gasteiger partial charge < -0.3 is 5.32 Å². The molecule has 4 nitrogen and oxygen atoms in total. The lowest BCUT2D eigenvalue weighted by Crippen LogP contribution is -2.16. The summed E-state index contributed by atoms with van der Waals surface area (Å²) in [7, 11) is -3.39. The lowest BCUT2D eigenvalue weighted by atomic mass is 10.0. The molecule has 5 heteroatoms. The quantitative estimate of drug-likeness (QED) is 0.913. The van der Waals surface area contributed by atoms with Crippen molar-refractivity contribution in [2.75, 3.05) is 16.6 Å². The van der Waals surface area contributed by atoms with Gasteiger partial charge in [-0.3, -0.25) is 4.72 Å². The monoisotopic (exact) mass is 302 g/mol. The lowest BCUT2D eigenvalue weighted by Gasteiger charge is -2.19. The summed E-state index contributed by atoms with van der Waals surface area (Å²) in [5.74, 6) is -0.0155. The van der Waals surface area contributed by atoms with Gasteiger partial charge in [0.2, 0.25) is 10.0 Å². The van der Waals surface area contributed by atoms with E-state index in [0.717, 1.165) is 30.6 Å². The molecule has 0 bridgehead atoms. The highest BCUT2D eigenvalue weighted by Crippen LogP contribution is 2.26. The van der Waals surface area contributed by atoms with Gasteiger partial charge in [0.1, 0.15) is 0 Å². The average Bonchev–Trinajstić information content (AvgIpc) is 2.47. The summed E-state index contributed by atoms with van der Waals surface area (Å²) in [4.78, 5) is 0. The highest BCUT2D eigenvalue weighted by Gasteiger charge is 2.14. The number of nitrogens with one attached hydrogen (secondary N) is 2. The Labute approximate surface area is 125 Å². The Morgan fingerprint density at radius 1 is 1.10 bits per heavy atom. The van der Waals surface area contributed by atoms with Crippen LogP contribution in [-0.4, -0.2) is 15.0 Å². The van der Waals surface area contributed by atoms with E-state index in [-0.39, 0.29) is 5.75 Å². The molecular weight excluding hydrogens is 284 g/mol. The Hall–Kier alpha value is -2.01. The van der Waals surface area contributed by atoms with Crippen LogP contribution < -0.4 is 10.0 Å². The highest BCUT2D eigenvalue weighted by atomic mass is 32.2. The first kappa shape index (κ1) is 13.9. The van der Waals surface area contributed by atoms with Gasteiger partial charge in [-0.15, -0.1) is 0 Å². The van der Waals surface area contributed by atoms with Crippen LogP contribution in [0.25, 0.3) is 0 Å². The minimum absolute atomic E-state index is 0.0155. The van der Waals surface area contributed by atoms with Crippen molar-refractivity contribution < 1.29 is 8.42 Å². The van der Waals surface area contributed by atoms with E-state index in [1.165, 1.54) is 5.56 Å². The van der Waals surface area contributed by atoms with Crippen molar-refractivity contribution in [1.82, 2.24) is 0 Å². The molecule has 0 unspecified atom stereocenters. The normalized spacial score (nSPS) is 14.1. The van der Waals surface area contributed by atoms with E-state index < -0.39 is 10.0 Å². The number of hydrogen-bond donors (Lipinski definition) is 2. The van der Waals surface area contributed by atoms with E-state index in [9.17, 15) is 8.42 Å². The van der Waals surface area contributed by atoms with Gasteiger partial charge in [-0.05, 0) is 36.1 Å². The molecule has 0 aliphatic carbocycles. The second-order valence-corrected chi connectivity index (χ2v) is 6.97. The van der Waals surface area contributed by atoms with Crippen LogP contribution in [0.4, 0.5) is 11.4 Å². The summed E-state index contributed by atoms with van der Waals surface area (Å²) >= 11 is 0. The van der Waals surface area contributed by atoms with Crippen molar-refractivity contribution in [2.24, 2.45) is 0 Å². The van der Waals surface area contributed by atoms with Crippen LogP contribution in [0.1, 0.15) is 17.5 Å². The van der Waals surface area contributed by atoms with Crippen molar-refractivity contribution in [3.63, 3.8) is 0 Å². The number of anilines is 2. The molecule has 2 aromatic carbocycles. The van der Waals surface area contributed by atoms with Gasteiger partial charge in [-0.25, -0.2) is 8.42 Å². The lowest BCUT2D eigenvalue weighted by molar-refractivity contribution is 0.600. The van der Waals surface area contributed by atoms with E-state index in [4.69, 9.17) is 0 Å². The summed E-state index contributed by atoms with van der Waals surface area (Å²) in [6.45, 7) is 0.938. The first-order valence-electron chi connectivity index (χ1n) is 7.04. The molecule has 0 atom stereocenters. The molecule has 0 spiro atoms. The zero-order valence-electron chi connectivity index (χ0n) is 11.7. The molecule has 0 saturated heterocycles. The van der Waals surface area contributed by atoms with Crippen molar-refractivity contribution in [3.05, 3.63) is 59.7 Å². The molecule has 0 fully saturated rings. The van der Waals surface area contributed by atoms with E-state index in [1.54, 1.807) is 0 Å². The largest absolute Gasteiger partial charge is 0.385 e. The third kappa shape index (κ3) is 3.55. The minimum atomic E-state index is -3.39. The fourth-order valence-electron chi connectivity index (χ4n) is 2.53. The molecule has 2 N–H and O–H groups in total. The van der Waals surface area contributed by atoms with Crippen LogP contribution in [0.3, 0.4) is 0 Å². The summed E-state index contributed by atoms with van der Waals surface area (Å²) in [5.41, 5.74) is 3.66. The summed E-state index contributed by atoms with van der Waals surface area (Å²) in [5, 5.41) is 3.30. The molecule has 2 aromatic rings. The molecule has 3 rings (SSSR count). The predicted molar refractivity (Wildman–Crippen MR) is 85.9 cm³/mol. The van der Waals surface area contributed by atoms with Gasteiger partial charge in [0, 0.05) is 12.2 Å². The molecular formula is C16H18N2O2S. The molecule has 1 aliphatic heterocycles. The van der Waals surface area contributed by atoms with Crippen LogP contribution >= 0.6 is 0 Å². The fraction of sp³-hybridized carbons (Fsp3) is 0.250. The van der Waals surface area contributed by atoms with Crippen LogP contribution in [0, 0.1) is 0 Å². The topological polar surface area (TPSA) is 58.2 Å². The van der Waals surface area contributed by atoms with Gasteiger partial charge in [0.15, 0.2) is 0 Å². The summed E-state index contributed by atoms with van der Waals surface area (Å²) < 4.78 is 27.1. The van der Waals surface area contributed by atoms with Crippen molar-refractivity contribution in [2.45, 2.75) is 18.6 Å². The van der Waals surface area contributed by atoms with Gasteiger partial charge in [0.05, 0.1) is 11.4 Å². The highest BCUT2D eigenvalue weighted by molar-refractivity contribution is 7.91. The second-order valence-electron chi connectivity index (χ2n) is 5.25. The van der Waals surface area contributed by atoms with Crippen molar-refractivity contribution in [1.29, 1.82) is 0 Å². The molecule has 0 radical (unpaired) electrons. The van der Waals surface area contributed by atoms with E-state index in [2.05, 4.69) is 10.0 Å². The SMILES string of the molecule is O=S(=O)(Cc1ccccc1)Nc1ccc2c(c1)NCCC2. The van der Waals surface area contributed by atoms with Crippen LogP contribution in [0.15, 0.2) is 48.5 Å². The zero-order valence-corrected chi connectivity index (χ0v) is 12.5. The maximum atomic E-state index is 12.2.